The molecule has 0 unspecified atom stereocenters. The number of amides is 1. The molecule has 23 heavy (non-hydrogen) atoms. The van der Waals surface area contributed by atoms with E-state index >= 15 is 0 Å². The van der Waals surface area contributed by atoms with E-state index in [-0.39, 0.29) is 22.5 Å². The number of carbonyl (C=O) groups is 1. The minimum Gasteiger partial charge on any atom is -0.399 e. The summed E-state index contributed by atoms with van der Waals surface area (Å²) in [4.78, 5) is 12.2. The fourth-order valence-corrected chi connectivity index (χ4v) is 3.10. The standard InChI is InChI=1S/C15H11Cl3N4O/c16-9-3-11(17)15(12(18)4-9)21-14(23)7-22-13-5-10(19)2-1-8(13)6-20-22/h1-6H,7,19H2,(H,21,23). The number of hydrogen-bond acceptors (Lipinski definition) is 3. The highest BCUT2D eigenvalue weighted by molar-refractivity contribution is 6.42. The number of nitrogen functional groups attached to an aromatic ring is 1. The van der Waals surface area contributed by atoms with Gasteiger partial charge in [-0.1, -0.05) is 34.8 Å². The van der Waals surface area contributed by atoms with Gasteiger partial charge in [-0.3, -0.25) is 9.48 Å². The number of anilines is 2. The van der Waals surface area contributed by atoms with Gasteiger partial charge in [-0.2, -0.15) is 5.10 Å². The van der Waals surface area contributed by atoms with Crippen molar-refractivity contribution < 1.29 is 4.79 Å². The summed E-state index contributed by atoms with van der Waals surface area (Å²) in [5, 5.41) is 8.69. The van der Waals surface area contributed by atoms with Crippen molar-refractivity contribution in [1.29, 1.82) is 0 Å². The molecule has 3 aromatic rings. The summed E-state index contributed by atoms with van der Waals surface area (Å²) in [7, 11) is 0. The van der Waals surface area contributed by atoms with Crippen molar-refractivity contribution in [1.82, 2.24) is 9.78 Å². The fraction of sp³-hybridized carbons (Fsp3) is 0.0667. The normalized spacial score (nSPS) is 10.9. The van der Waals surface area contributed by atoms with Crippen LogP contribution >= 0.6 is 34.8 Å². The number of carbonyl (C=O) groups excluding carboxylic acids is 1. The number of hydrogen-bond donors (Lipinski definition) is 2. The van der Waals surface area contributed by atoms with Gasteiger partial charge in [0.05, 0.1) is 27.4 Å². The summed E-state index contributed by atoms with van der Waals surface area (Å²) in [6.07, 6.45) is 1.67. The van der Waals surface area contributed by atoms with Crippen LogP contribution in [0.5, 0.6) is 0 Å². The first kappa shape index (κ1) is 15.9. The average Bonchev–Trinajstić information content (AvgIpc) is 2.85. The molecule has 0 radical (unpaired) electrons. The van der Waals surface area contributed by atoms with Gasteiger partial charge in [0.25, 0.3) is 0 Å². The minimum absolute atomic E-state index is 0.00222. The number of halogens is 3. The van der Waals surface area contributed by atoms with Gasteiger partial charge in [0, 0.05) is 16.1 Å². The van der Waals surface area contributed by atoms with E-state index < -0.39 is 0 Å². The van der Waals surface area contributed by atoms with Gasteiger partial charge in [-0.15, -0.1) is 0 Å². The van der Waals surface area contributed by atoms with E-state index in [4.69, 9.17) is 40.5 Å². The summed E-state index contributed by atoms with van der Waals surface area (Å²) >= 11 is 18.0. The Kier molecular flexibility index (Phi) is 4.35. The number of rotatable bonds is 3. The van der Waals surface area contributed by atoms with Crippen LogP contribution < -0.4 is 11.1 Å². The Bertz CT molecular complexity index is 884. The second kappa shape index (κ2) is 6.28. The van der Waals surface area contributed by atoms with E-state index in [0.717, 1.165) is 10.9 Å². The lowest BCUT2D eigenvalue weighted by molar-refractivity contribution is -0.116. The topological polar surface area (TPSA) is 72.9 Å². The maximum atomic E-state index is 12.2. The van der Waals surface area contributed by atoms with Crippen molar-refractivity contribution in [3.63, 3.8) is 0 Å². The first-order chi connectivity index (χ1) is 10.9. The van der Waals surface area contributed by atoms with Gasteiger partial charge in [0.2, 0.25) is 5.91 Å². The van der Waals surface area contributed by atoms with Crippen LogP contribution in [0.1, 0.15) is 0 Å². The van der Waals surface area contributed by atoms with Crippen molar-refractivity contribution in [3.05, 3.63) is 51.6 Å². The molecule has 8 heteroatoms. The summed E-state index contributed by atoms with van der Waals surface area (Å²) in [5.41, 5.74) is 7.46. The Morgan fingerprint density at radius 2 is 1.87 bits per heavy atom. The molecule has 2 aromatic carbocycles. The van der Waals surface area contributed by atoms with Crippen LogP contribution in [-0.2, 0) is 11.3 Å². The lowest BCUT2D eigenvalue weighted by Gasteiger charge is -2.10. The zero-order valence-electron chi connectivity index (χ0n) is 11.7. The van der Waals surface area contributed by atoms with E-state index in [1.54, 1.807) is 23.0 Å². The molecule has 0 aliphatic rings. The van der Waals surface area contributed by atoms with Crippen molar-refractivity contribution in [2.45, 2.75) is 6.54 Å². The lowest BCUT2D eigenvalue weighted by Crippen LogP contribution is -2.19. The van der Waals surface area contributed by atoms with Crippen LogP contribution in [0.25, 0.3) is 10.9 Å². The number of fused-ring (bicyclic) bond motifs is 1. The zero-order chi connectivity index (χ0) is 16.6. The van der Waals surface area contributed by atoms with E-state index in [0.29, 0.717) is 16.4 Å². The smallest absolute Gasteiger partial charge is 0.246 e. The Labute approximate surface area is 146 Å². The summed E-state index contributed by atoms with van der Waals surface area (Å²) < 4.78 is 1.55. The second-order valence-electron chi connectivity index (χ2n) is 4.91. The molecule has 0 saturated heterocycles. The molecule has 5 nitrogen and oxygen atoms in total. The van der Waals surface area contributed by atoms with Gasteiger partial charge in [0.15, 0.2) is 0 Å². The molecule has 0 atom stereocenters. The predicted molar refractivity (Wildman–Crippen MR) is 94.2 cm³/mol. The quantitative estimate of drug-likeness (QED) is 0.679. The van der Waals surface area contributed by atoms with Gasteiger partial charge >= 0.3 is 0 Å². The van der Waals surface area contributed by atoms with Crippen LogP contribution in [0, 0.1) is 0 Å². The molecule has 118 valence electrons. The molecule has 3 rings (SSSR count). The number of aromatic nitrogens is 2. The van der Waals surface area contributed by atoms with Crippen LogP contribution in [0.15, 0.2) is 36.5 Å². The molecule has 1 aromatic heterocycles. The van der Waals surface area contributed by atoms with Crippen molar-refractivity contribution in [2.24, 2.45) is 0 Å². The monoisotopic (exact) mass is 368 g/mol. The highest BCUT2D eigenvalue weighted by Crippen LogP contribution is 2.33. The van der Waals surface area contributed by atoms with E-state index in [1.165, 1.54) is 12.1 Å². The fourth-order valence-electron chi connectivity index (χ4n) is 2.19. The molecule has 0 saturated carbocycles. The van der Waals surface area contributed by atoms with Crippen LogP contribution in [0.2, 0.25) is 15.1 Å². The Hall–Kier alpha value is -1.95. The molecule has 0 aliphatic carbocycles. The van der Waals surface area contributed by atoms with Gasteiger partial charge in [-0.25, -0.2) is 0 Å². The number of nitrogens with zero attached hydrogens (tertiary/aromatic N) is 2. The van der Waals surface area contributed by atoms with E-state index in [2.05, 4.69) is 10.4 Å². The first-order valence-corrected chi connectivity index (χ1v) is 7.73. The third-order valence-electron chi connectivity index (χ3n) is 3.23. The molecule has 0 aliphatic heterocycles. The largest absolute Gasteiger partial charge is 0.399 e. The van der Waals surface area contributed by atoms with Crippen LogP contribution in [0.3, 0.4) is 0 Å². The van der Waals surface area contributed by atoms with Gasteiger partial charge < -0.3 is 11.1 Å². The van der Waals surface area contributed by atoms with Crippen LogP contribution in [-0.4, -0.2) is 15.7 Å². The van der Waals surface area contributed by atoms with Crippen molar-refractivity contribution >= 4 is 63.0 Å². The van der Waals surface area contributed by atoms with Gasteiger partial charge in [0.1, 0.15) is 6.54 Å². The second-order valence-corrected chi connectivity index (χ2v) is 6.16. The Morgan fingerprint density at radius 3 is 2.57 bits per heavy atom. The SMILES string of the molecule is Nc1ccc2cnn(CC(=O)Nc3c(Cl)cc(Cl)cc3Cl)c2c1. The maximum Gasteiger partial charge on any atom is 0.246 e. The zero-order valence-corrected chi connectivity index (χ0v) is 14.0. The summed E-state index contributed by atoms with van der Waals surface area (Å²) in [5.74, 6) is -0.316. The summed E-state index contributed by atoms with van der Waals surface area (Å²) in [6, 6.07) is 8.40. The lowest BCUT2D eigenvalue weighted by atomic mass is 10.2. The van der Waals surface area contributed by atoms with Crippen molar-refractivity contribution in [3.8, 4) is 0 Å². The molecule has 3 N–H and O–H groups in total. The molecular weight excluding hydrogens is 359 g/mol. The van der Waals surface area contributed by atoms with E-state index in [9.17, 15) is 4.79 Å². The first-order valence-electron chi connectivity index (χ1n) is 6.59. The third-order valence-corrected chi connectivity index (χ3v) is 4.05. The molecular formula is C15H11Cl3N4O. The molecule has 1 heterocycles. The third kappa shape index (κ3) is 3.37. The number of benzene rings is 2. The van der Waals surface area contributed by atoms with E-state index in [1.807, 2.05) is 6.07 Å². The minimum atomic E-state index is -0.316. The van der Waals surface area contributed by atoms with Crippen molar-refractivity contribution in [2.75, 3.05) is 11.1 Å². The molecule has 0 spiro atoms. The highest BCUT2D eigenvalue weighted by Gasteiger charge is 2.13. The molecule has 0 bridgehead atoms. The predicted octanol–water partition coefficient (Wildman–Crippen LogP) is 4.22. The van der Waals surface area contributed by atoms with Gasteiger partial charge in [-0.05, 0) is 30.3 Å². The Balaban J connectivity index is 1.83. The molecule has 1 amide bonds. The number of nitrogens with two attached hydrogens (primary N) is 1. The average molecular weight is 370 g/mol. The molecule has 0 fully saturated rings. The maximum absolute atomic E-state index is 12.2. The Morgan fingerprint density at radius 1 is 1.17 bits per heavy atom. The van der Waals surface area contributed by atoms with Crippen LogP contribution in [0.4, 0.5) is 11.4 Å². The summed E-state index contributed by atoms with van der Waals surface area (Å²) in [6.45, 7) is 0.00222. The highest BCUT2D eigenvalue weighted by atomic mass is 35.5. The number of nitrogens with one attached hydrogen (secondary N) is 1.